The number of hydrogen-bond acceptors (Lipinski definition) is 4. The summed E-state index contributed by atoms with van der Waals surface area (Å²) in [6, 6.07) is 18.0. The first-order valence-corrected chi connectivity index (χ1v) is 9.68. The third kappa shape index (κ3) is 5.63. The van der Waals surface area contributed by atoms with E-state index in [1.807, 2.05) is 24.3 Å². The van der Waals surface area contributed by atoms with Gasteiger partial charge < -0.3 is 5.32 Å². The number of carbonyl (C=O) groups is 1. The predicted octanol–water partition coefficient (Wildman–Crippen LogP) is 5.16. The molecule has 0 bridgehead atoms. The second kappa shape index (κ2) is 9.41. The fraction of sp³-hybridized carbons (Fsp3) is 0.263. The highest BCUT2D eigenvalue weighted by Gasteiger charge is 2.08. The molecule has 0 saturated carbocycles. The first kappa shape index (κ1) is 18.4. The third-order valence-electron chi connectivity index (χ3n) is 3.37. The Morgan fingerprint density at radius 2 is 1.83 bits per heavy atom. The highest BCUT2D eigenvalue weighted by atomic mass is 32.2. The van der Waals surface area contributed by atoms with Gasteiger partial charge in [-0.25, -0.2) is 0 Å². The molecule has 2 rings (SSSR count). The van der Waals surface area contributed by atoms with Crippen molar-refractivity contribution >= 4 is 35.1 Å². The van der Waals surface area contributed by atoms with Crippen LogP contribution in [0.5, 0.6) is 0 Å². The Bertz CT molecular complexity index is 721. The number of thioether (sulfide) groups is 2. The molecule has 0 saturated heterocycles. The number of anilines is 1. The fourth-order valence-corrected chi connectivity index (χ4v) is 3.46. The van der Waals surface area contributed by atoms with Crippen molar-refractivity contribution in [1.29, 1.82) is 5.26 Å². The molecular weight excluding hydrogens is 336 g/mol. The van der Waals surface area contributed by atoms with Crippen molar-refractivity contribution in [2.24, 2.45) is 0 Å². The molecule has 1 N–H and O–H groups in total. The number of benzene rings is 2. The highest BCUT2D eigenvalue weighted by Crippen LogP contribution is 2.27. The van der Waals surface area contributed by atoms with Gasteiger partial charge in [-0.15, -0.1) is 23.5 Å². The quantitative estimate of drug-likeness (QED) is 0.697. The molecule has 0 spiro atoms. The van der Waals surface area contributed by atoms with E-state index in [-0.39, 0.29) is 5.91 Å². The van der Waals surface area contributed by atoms with E-state index in [2.05, 4.69) is 49.5 Å². The maximum absolute atomic E-state index is 12.2. The standard InChI is InChI=1S/C19H20N2OS2/c1-14(2)15-7-9-16(10-8-15)24-13-19(22)21-17-5-3-4-6-18(17)23-12-11-20/h3-10,14H,12-13H2,1-2H3,(H,21,22). The van der Waals surface area contributed by atoms with Crippen molar-refractivity contribution in [3.63, 3.8) is 0 Å². The summed E-state index contributed by atoms with van der Waals surface area (Å²) in [4.78, 5) is 14.2. The topological polar surface area (TPSA) is 52.9 Å². The number of nitrogens with one attached hydrogen (secondary N) is 1. The number of nitriles is 1. The maximum atomic E-state index is 12.2. The Morgan fingerprint density at radius 1 is 1.12 bits per heavy atom. The molecule has 3 nitrogen and oxygen atoms in total. The van der Waals surface area contributed by atoms with Gasteiger partial charge in [-0.2, -0.15) is 5.26 Å². The second-order valence-corrected chi connectivity index (χ2v) is 7.57. The molecule has 2 aromatic rings. The molecule has 0 aromatic heterocycles. The SMILES string of the molecule is CC(C)c1ccc(SCC(=O)Nc2ccccc2SCC#N)cc1. The Labute approximate surface area is 151 Å². The predicted molar refractivity (Wildman–Crippen MR) is 103 cm³/mol. The van der Waals surface area contributed by atoms with Gasteiger partial charge in [-0.05, 0) is 35.7 Å². The molecule has 0 unspecified atom stereocenters. The Hall–Kier alpha value is -1.90. The van der Waals surface area contributed by atoms with Gasteiger partial charge in [0.05, 0.1) is 23.3 Å². The highest BCUT2D eigenvalue weighted by molar-refractivity contribution is 8.00. The van der Waals surface area contributed by atoms with Crippen LogP contribution in [0.2, 0.25) is 0 Å². The summed E-state index contributed by atoms with van der Waals surface area (Å²) in [6.45, 7) is 4.33. The van der Waals surface area contributed by atoms with Crippen LogP contribution in [-0.2, 0) is 4.79 Å². The van der Waals surface area contributed by atoms with Crippen molar-refractivity contribution < 1.29 is 4.79 Å². The van der Waals surface area contributed by atoms with Gasteiger partial charge in [0.15, 0.2) is 0 Å². The van der Waals surface area contributed by atoms with Crippen LogP contribution in [0.1, 0.15) is 25.3 Å². The zero-order valence-electron chi connectivity index (χ0n) is 13.8. The zero-order chi connectivity index (χ0) is 17.4. The zero-order valence-corrected chi connectivity index (χ0v) is 15.4. The number of rotatable bonds is 7. The molecule has 0 aliphatic carbocycles. The summed E-state index contributed by atoms with van der Waals surface area (Å²) < 4.78 is 0. The normalized spacial score (nSPS) is 10.4. The lowest BCUT2D eigenvalue weighted by Crippen LogP contribution is -2.14. The number of nitrogens with zero attached hydrogens (tertiary/aromatic N) is 1. The minimum atomic E-state index is -0.0436. The van der Waals surface area contributed by atoms with Crippen molar-refractivity contribution in [1.82, 2.24) is 0 Å². The van der Waals surface area contributed by atoms with Gasteiger partial charge in [0.25, 0.3) is 0 Å². The summed E-state index contributed by atoms with van der Waals surface area (Å²) in [6.07, 6.45) is 0. The summed E-state index contributed by atoms with van der Waals surface area (Å²) in [7, 11) is 0. The van der Waals surface area contributed by atoms with Crippen molar-refractivity contribution in [3.05, 3.63) is 54.1 Å². The first-order valence-electron chi connectivity index (χ1n) is 7.71. The molecular formula is C19H20N2OS2. The van der Waals surface area contributed by atoms with E-state index in [1.165, 1.54) is 29.1 Å². The van der Waals surface area contributed by atoms with Crippen LogP contribution in [0.25, 0.3) is 0 Å². The number of hydrogen-bond donors (Lipinski definition) is 1. The van der Waals surface area contributed by atoms with Crippen LogP contribution >= 0.6 is 23.5 Å². The largest absolute Gasteiger partial charge is 0.324 e. The van der Waals surface area contributed by atoms with Crippen LogP contribution in [0.3, 0.4) is 0 Å². The van der Waals surface area contributed by atoms with Gasteiger partial charge in [-0.3, -0.25) is 4.79 Å². The summed E-state index contributed by atoms with van der Waals surface area (Å²) in [5, 5.41) is 11.6. The Kier molecular flexibility index (Phi) is 7.23. The lowest BCUT2D eigenvalue weighted by atomic mass is 10.0. The van der Waals surface area contributed by atoms with Gasteiger partial charge in [-0.1, -0.05) is 38.1 Å². The molecule has 1 amide bonds. The molecule has 0 radical (unpaired) electrons. The second-order valence-electron chi connectivity index (χ2n) is 5.50. The van der Waals surface area contributed by atoms with Gasteiger partial charge in [0, 0.05) is 9.79 Å². The van der Waals surface area contributed by atoms with E-state index < -0.39 is 0 Å². The monoisotopic (exact) mass is 356 g/mol. The van der Waals surface area contributed by atoms with E-state index in [0.717, 1.165) is 15.5 Å². The first-order chi connectivity index (χ1) is 11.6. The molecule has 0 aliphatic heterocycles. The Morgan fingerprint density at radius 3 is 2.50 bits per heavy atom. The lowest BCUT2D eigenvalue weighted by molar-refractivity contribution is -0.113. The van der Waals surface area contributed by atoms with Crippen LogP contribution < -0.4 is 5.32 Å². The van der Waals surface area contributed by atoms with Crippen LogP contribution in [-0.4, -0.2) is 17.4 Å². The fourth-order valence-electron chi connectivity index (χ4n) is 2.09. The minimum Gasteiger partial charge on any atom is -0.324 e. The molecule has 24 heavy (non-hydrogen) atoms. The molecule has 0 atom stereocenters. The van der Waals surface area contributed by atoms with Crippen LogP contribution in [0.4, 0.5) is 5.69 Å². The van der Waals surface area contributed by atoms with Gasteiger partial charge in [0.2, 0.25) is 5.91 Å². The average molecular weight is 357 g/mol. The molecule has 0 heterocycles. The van der Waals surface area contributed by atoms with E-state index in [1.54, 1.807) is 0 Å². The average Bonchev–Trinajstić information content (AvgIpc) is 2.59. The lowest BCUT2D eigenvalue weighted by Gasteiger charge is -2.10. The molecule has 0 aliphatic rings. The molecule has 5 heteroatoms. The van der Waals surface area contributed by atoms with Crippen LogP contribution in [0, 0.1) is 11.3 Å². The van der Waals surface area contributed by atoms with Crippen molar-refractivity contribution in [2.75, 3.05) is 16.8 Å². The van der Waals surface area contributed by atoms with E-state index in [4.69, 9.17) is 5.26 Å². The van der Waals surface area contributed by atoms with E-state index in [0.29, 0.717) is 17.4 Å². The van der Waals surface area contributed by atoms with Gasteiger partial charge >= 0.3 is 0 Å². The smallest absolute Gasteiger partial charge is 0.234 e. The summed E-state index contributed by atoms with van der Waals surface area (Å²) in [5.41, 5.74) is 2.06. The van der Waals surface area contributed by atoms with Crippen molar-refractivity contribution in [3.8, 4) is 6.07 Å². The van der Waals surface area contributed by atoms with E-state index >= 15 is 0 Å². The minimum absolute atomic E-state index is 0.0436. The maximum Gasteiger partial charge on any atom is 0.234 e. The molecule has 0 fully saturated rings. The third-order valence-corrected chi connectivity index (χ3v) is 5.32. The molecule has 124 valence electrons. The number of amides is 1. The van der Waals surface area contributed by atoms with Crippen molar-refractivity contribution in [2.45, 2.75) is 29.6 Å². The molecule has 2 aromatic carbocycles. The van der Waals surface area contributed by atoms with Gasteiger partial charge in [0.1, 0.15) is 0 Å². The number of carbonyl (C=O) groups excluding carboxylic acids is 1. The summed E-state index contributed by atoms with van der Waals surface area (Å²) >= 11 is 2.95. The Balaban J connectivity index is 1.91. The van der Waals surface area contributed by atoms with E-state index in [9.17, 15) is 4.79 Å². The summed E-state index contributed by atoms with van der Waals surface area (Å²) in [5.74, 6) is 1.19. The van der Waals surface area contributed by atoms with Crippen LogP contribution in [0.15, 0.2) is 58.3 Å². The number of para-hydroxylation sites is 1.